The molecule has 0 unspecified atom stereocenters. The van der Waals surface area contributed by atoms with Crippen LogP contribution in [0.5, 0.6) is 11.5 Å². The zero-order chi connectivity index (χ0) is 15.4. The maximum atomic E-state index is 12.9. The molecule has 1 fully saturated rings. The van der Waals surface area contributed by atoms with Crippen molar-refractivity contribution in [3.05, 3.63) is 23.8 Å². The molecule has 23 heavy (non-hydrogen) atoms. The number of hydrogen-bond donors (Lipinski definition) is 1. The molecule has 1 aromatic rings. The van der Waals surface area contributed by atoms with Gasteiger partial charge in [-0.15, -0.1) is 12.4 Å². The number of piperidine rings is 1. The first-order chi connectivity index (χ1) is 10.8. The second-order valence-corrected chi connectivity index (χ2v) is 5.84. The summed E-state index contributed by atoms with van der Waals surface area (Å²) in [6.07, 6.45) is 3.02. The number of hydrogen-bond acceptors (Lipinski definition) is 4. The van der Waals surface area contributed by atoms with Gasteiger partial charge in [-0.25, -0.2) is 0 Å². The van der Waals surface area contributed by atoms with Gasteiger partial charge in [-0.05, 0) is 50.6 Å². The first kappa shape index (κ1) is 17.9. The average molecular weight is 341 g/mol. The lowest BCUT2D eigenvalue weighted by Gasteiger charge is -2.34. The number of rotatable bonds is 4. The quantitative estimate of drug-likeness (QED) is 0.915. The van der Waals surface area contributed by atoms with Crippen molar-refractivity contribution in [2.75, 3.05) is 32.8 Å². The Hall–Kier alpha value is -1.46. The summed E-state index contributed by atoms with van der Waals surface area (Å²) in [7, 11) is 0. The van der Waals surface area contributed by atoms with Crippen LogP contribution in [0.3, 0.4) is 0 Å². The molecule has 0 atom stereocenters. The van der Waals surface area contributed by atoms with Crippen LogP contribution in [0.15, 0.2) is 18.2 Å². The number of nitrogens with zero attached hydrogens (tertiary/aromatic N) is 1. The second kappa shape index (κ2) is 8.41. The van der Waals surface area contributed by atoms with Gasteiger partial charge in [-0.1, -0.05) is 6.92 Å². The highest BCUT2D eigenvalue weighted by molar-refractivity contribution is 5.95. The minimum atomic E-state index is 0. The van der Waals surface area contributed by atoms with Crippen LogP contribution in [0, 0.1) is 0 Å². The Morgan fingerprint density at radius 1 is 1.22 bits per heavy atom. The molecule has 0 aromatic heterocycles. The van der Waals surface area contributed by atoms with Crippen LogP contribution in [0.25, 0.3) is 0 Å². The monoisotopic (exact) mass is 340 g/mol. The van der Waals surface area contributed by atoms with E-state index in [1.165, 1.54) is 0 Å². The van der Waals surface area contributed by atoms with Gasteiger partial charge in [0.1, 0.15) is 13.2 Å². The minimum absolute atomic E-state index is 0. The van der Waals surface area contributed by atoms with Crippen LogP contribution in [-0.4, -0.2) is 49.7 Å². The van der Waals surface area contributed by atoms with Crippen LogP contribution in [0.4, 0.5) is 0 Å². The van der Waals surface area contributed by atoms with E-state index in [1.54, 1.807) is 0 Å². The van der Waals surface area contributed by atoms with E-state index in [2.05, 4.69) is 12.2 Å². The molecule has 0 spiro atoms. The molecule has 1 N–H and O–H groups in total. The molecular weight excluding hydrogens is 316 g/mol. The zero-order valence-corrected chi connectivity index (χ0v) is 14.4. The van der Waals surface area contributed by atoms with Crippen molar-refractivity contribution in [1.82, 2.24) is 10.2 Å². The minimum Gasteiger partial charge on any atom is -0.486 e. The third-order valence-electron chi connectivity index (χ3n) is 4.26. The molecular formula is C17H25ClN2O3. The zero-order valence-electron chi connectivity index (χ0n) is 13.5. The van der Waals surface area contributed by atoms with Gasteiger partial charge < -0.3 is 19.7 Å². The number of ether oxygens (including phenoxy) is 2. The van der Waals surface area contributed by atoms with Gasteiger partial charge in [-0.3, -0.25) is 4.79 Å². The Kier molecular flexibility index (Phi) is 6.54. The molecule has 2 aliphatic rings. The first-order valence-corrected chi connectivity index (χ1v) is 8.21. The Labute approximate surface area is 143 Å². The van der Waals surface area contributed by atoms with Crippen LogP contribution in [-0.2, 0) is 0 Å². The third-order valence-corrected chi connectivity index (χ3v) is 4.26. The first-order valence-electron chi connectivity index (χ1n) is 8.21. The van der Waals surface area contributed by atoms with Crippen LogP contribution >= 0.6 is 12.4 Å². The molecule has 2 aliphatic heterocycles. The molecule has 1 amide bonds. The summed E-state index contributed by atoms with van der Waals surface area (Å²) in [6, 6.07) is 5.84. The lowest BCUT2D eigenvalue weighted by molar-refractivity contribution is 0.0641. The van der Waals surface area contributed by atoms with E-state index >= 15 is 0 Å². The fourth-order valence-electron chi connectivity index (χ4n) is 3.15. The largest absolute Gasteiger partial charge is 0.486 e. The normalized spacial score (nSPS) is 17.3. The lowest BCUT2D eigenvalue weighted by Crippen LogP contribution is -2.46. The summed E-state index contributed by atoms with van der Waals surface area (Å²) in [4.78, 5) is 15.0. The summed E-state index contributed by atoms with van der Waals surface area (Å²) in [5.41, 5.74) is 0.691. The van der Waals surface area contributed by atoms with Gasteiger partial charge in [0.05, 0.1) is 0 Å². The molecule has 1 saturated heterocycles. The van der Waals surface area contributed by atoms with Crippen LogP contribution in [0.2, 0.25) is 0 Å². The predicted octanol–water partition coefficient (Wildman–Crippen LogP) is 2.48. The van der Waals surface area contributed by atoms with Crippen molar-refractivity contribution >= 4 is 18.3 Å². The highest BCUT2D eigenvalue weighted by atomic mass is 35.5. The highest BCUT2D eigenvalue weighted by Gasteiger charge is 2.26. The van der Waals surface area contributed by atoms with E-state index in [1.807, 2.05) is 23.1 Å². The van der Waals surface area contributed by atoms with Gasteiger partial charge in [0.15, 0.2) is 11.5 Å². The molecule has 3 rings (SSSR count). The Morgan fingerprint density at radius 2 is 1.91 bits per heavy atom. The molecule has 5 nitrogen and oxygen atoms in total. The number of fused-ring (bicyclic) bond motifs is 1. The standard InChI is InChI=1S/C17H24N2O3.ClH/c1-2-9-19(14-5-7-18-8-6-14)17(20)13-3-4-15-16(12-13)22-11-10-21-15;/h3-4,12,14,18H,2,5-11H2,1H3;1H. The number of carbonyl (C=O) groups is 1. The maximum Gasteiger partial charge on any atom is 0.254 e. The van der Waals surface area contributed by atoms with Crippen molar-refractivity contribution in [2.45, 2.75) is 32.2 Å². The van der Waals surface area contributed by atoms with Crippen LogP contribution < -0.4 is 14.8 Å². The predicted molar refractivity (Wildman–Crippen MR) is 91.9 cm³/mol. The smallest absolute Gasteiger partial charge is 0.254 e. The van der Waals surface area contributed by atoms with Crippen LogP contribution in [0.1, 0.15) is 36.5 Å². The molecule has 1 aromatic carbocycles. The van der Waals surface area contributed by atoms with E-state index in [4.69, 9.17) is 9.47 Å². The van der Waals surface area contributed by atoms with Gasteiger partial charge in [0.25, 0.3) is 5.91 Å². The van der Waals surface area contributed by atoms with E-state index < -0.39 is 0 Å². The van der Waals surface area contributed by atoms with Crippen molar-refractivity contribution < 1.29 is 14.3 Å². The molecule has 0 bridgehead atoms. The van der Waals surface area contributed by atoms with Crippen molar-refractivity contribution in [2.24, 2.45) is 0 Å². The van der Waals surface area contributed by atoms with Gasteiger partial charge in [0, 0.05) is 18.2 Å². The van der Waals surface area contributed by atoms with E-state index in [0.717, 1.165) is 44.6 Å². The Balaban J connectivity index is 0.00000192. The summed E-state index contributed by atoms with van der Waals surface area (Å²) in [6.45, 7) is 6.00. The average Bonchev–Trinajstić information content (AvgIpc) is 2.59. The van der Waals surface area contributed by atoms with E-state index in [-0.39, 0.29) is 18.3 Å². The maximum absolute atomic E-state index is 12.9. The Bertz CT molecular complexity index is 533. The molecule has 0 radical (unpaired) electrons. The van der Waals surface area contributed by atoms with E-state index in [0.29, 0.717) is 30.6 Å². The number of halogens is 1. The summed E-state index contributed by atoms with van der Waals surface area (Å²) in [5, 5.41) is 3.36. The molecule has 2 heterocycles. The SMILES string of the molecule is CCCN(C(=O)c1ccc2c(c1)OCCO2)C1CCNCC1.Cl. The molecule has 6 heteroatoms. The molecule has 128 valence electrons. The van der Waals surface area contributed by atoms with Crippen molar-refractivity contribution in [1.29, 1.82) is 0 Å². The van der Waals surface area contributed by atoms with E-state index in [9.17, 15) is 4.79 Å². The topological polar surface area (TPSA) is 50.8 Å². The second-order valence-electron chi connectivity index (χ2n) is 5.84. The van der Waals surface area contributed by atoms with Crippen molar-refractivity contribution in [3.8, 4) is 11.5 Å². The fraction of sp³-hybridized carbons (Fsp3) is 0.588. The number of carbonyl (C=O) groups excluding carboxylic acids is 1. The fourth-order valence-corrected chi connectivity index (χ4v) is 3.15. The number of nitrogens with one attached hydrogen (secondary N) is 1. The highest BCUT2D eigenvalue weighted by Crippen LogP contribution is 2.31. The summed E-state index contributed by atoms with van der Waals surface area (Å²) >= 11 is 0. The lowest BCUT2D eigenvalue weighted by atomic mass is 10.0. The van der Waals surface area contributed by atoms with Gasteiger partial charge in [0.2, 0.25) is 0 Å². The number of benzene rings is 1. The summed E-state index contributed by atoms with van der Waals surface area (Å²) in [5.74, 6) is 1.51. The molecule has 0 saturated carbocycles. The number of amides is 1. The summed E-state index contributed by atoms with van der Waals surface area (Å²) < 4.78 is 11.1. The van der Waals surface area contributed by atoms with Crippen molar-refractivity contribution in [3.63, 3.8) is 0 Å². The molecule has 0 aliphatic carbocycles. The Morgan fingerprint density at radius 3 is 2.61 bits per heavy atom. The van der Waals surface area contributed by atoms with Gasteiger partial charge in [-0.2, -0.15) is 0 Å². The van der Waals surface area contributed by atoms with Gasteiger partial charge >= 0.3 is 0 Å². The third kappa shape index (κ3) is 4.09.